The Morgan fingerprint density at radius 3 is 2.70 bits per heavy atom. The monoisotopic (exact) mass is 361 g/mol. The van der Waals surface area contributed by atoms with Crippen LogP contribution in [0.25, 0.3) is 0 Å². The maximum absolute atomic E-state index is 11.4. The first-order chi connectivity index (χ1) is 13.2. The molecule has 1 aliphatic carbocycles. The molecular weight excluding hydrogens is 338 g/mol. The van der Waals surface area contributed by atoms with E-state index >= 15 is 0 Å². The van der Waals surface area contributed by atoms with E-state index in [1.165, 1.54) is 5.56 Å². The summed E-state index contributed by atoms with van der Waals surface area (Å²) >= 11 is 0. The Morgan fingerprint density at radius 2 is 1.96 bits per heavy atom. The van der Waals surface area contributed by atoms with Crippen molar-refractivity contribution in [1.29, 1.82) is 0 Å². The van der Waals surface area contributed by atoms with Crippen LogP contribution in [0.4, 0.5) is 4.79 Å². The Kier molecular flexibility index (Phi) is 5.13. The van der Waals surface area contributed by atoms with E-state index in [4.69, 9.17) is 9.47 Å². The molecule has 4 heteroatoms. The lowest BCUT2D eigenvalue weighted by Crippen LogP contribution is -2.40. The number of nitrogens with one attached hydrogen (secondary N) is 1. The van der Waals surface area contributed by atoms with Crippen LogP contribution in [0.3, 0.4) is 0 Å². The zero-order chi connectivity index (χ0) is 18.5. The maximum atomic E-state index is 11.4. The largest absolute Gasteiger partial charge is 0.447 e. The van der Waals surface area contributed by atoms with Gasteiger partial charge in [0, 0.05) is 5.56 Å². The number of amides is 1. The predicted molar refractivity (Wildman–Crippen MR) is 103 cm³/mol. The Morgan fingerprint density at radius 1 is 1.15 bits per heavy atom. The van der Waals surface area contributed by atoms with E-state index in [-0.39, 0.29) is 11.6 Å². The number of rotatable bonds is 4. The molecule has 0 bridgehead atoms. The quantitative estimate of drug-likeness (QED) is 0.661. The van der Waals surface area contributed by atoms with E-state index in [0.717, 1.165) is 30.4 Å². The molecule has 1 spiro atoms. The lowest BCUT2D eigenvalue weighted by atomic mass is 9.93. The van der Waals surface area contributed by atoms with Crippen molar-refractivity contribution in [3.63, 3.8) is 0 Å². The number of alkyl carbamates (subject to hydrolysis) is 1. The summed E-state index contributed by atoms with van der Waals surface area (Å²) < 4.78 is 10.7. The summed E-state index contributed by atoms with van der Waals surface area (Å²) in [5.41, 5.74) is 3.30. The van der Waals surface area contributed by atoms with Gasteiger partial charge in [0.15, 0.2) is 0 Å². The van der Waals surface area contributed by atoms with Crippen LogP contribution in [-0.4, -0.2) is 24.8 Å². The van der Waals surface area contributed by atoms with Crippen LogP contribution in [0, 0.1) is 11.8 Å². The molecule has 4 rings (SSSR count). The van der Waals surface area contributed by atoms with Crippen molar-refractivity contribution in [2.24, 2.45) is 0 Å². The molecule has 1 aliphatic heterocycles. The lowest BCUT2D eigenvalue weighted by Gasteiger charge is -2.20. The van der Waals surface area contributed by atoms with Crippen molar-refractivity contribution in [3.8, 4) is 11.8 Å². The second kappa shape index (κ2) is 7.85. The molecule has 0 unspecified atom stereocenters. The second-order valence-electron chi connectivity index (χ2n) is 7.32. The second-order valence-corrected chi connectivity index (χ2v) is 7.32. The van der Waals surface area contributed by atoms with Crippen molar-refractivity contribution >= 4 is 6.09 Å². The molecule has 2 atom stereocenters. The minimum atomic E-state index is -0.282. The molecule has 27 heavy (non-hydrogen) atoms. The standard InChI is InChI=1S/C23H23NO3/c25-22-24-23(17-27-22)13-12-21(15-23)20-10-8-18(9-11-20)7-4-14-26-16-19-5-2-1-3-6-19/h1-3,5-6,8-11,21H,12-17H2,(H,24,25)/t21-,23-/m1/s1. The average molecular weight is 361 g/mol. The summed E-state index contributed by atoms with van der Waals surface area (Å²) in [6.45, 7) is 1.49. The van der Waals surface area contributed by atoms with Gasteiger partial charge in [0.2, 0.25) is 0 Å². The molecule has 0 radical (unpaired) electrons. The number of benzene rings is 2. The third-order valence-electron chi connectivity index (χ3n) is 5.36. The number of hydrogen-bond donors (Lipinski definition) is 1. The van der Waals surface area contributed by atoms with Crippen LogP contribution in [0.2, 0.25) is 0 Å². The minimum absolute atomic E-state index is 0.156. The Labute approximate surface area is 159 Å². The Bertz CT molecular complexity index is 851. The van der Waals surface area contributed by atoms with Gasteiger partial charge in [0.1, 0.15) is 13.2 Å². The van der Waals surface area contributed by atoms with Gasteiger partial charge < -0.3 is 14.8 Å². The number of ether oxygens (including phenoxy) is 2. The average Bonchev–Trinajstić information content (AvgIpc) is 3.28. The molecule has 1 amide bonds. The van der Waals surface area contributed by atoms with Crippen molar-refractivity contribution in [3.05, 3.63) is 71.3 Å². The van der Waals surface area contributed by atoms with E-state index < -0.39 is 0 Å². The molecule has 138 valence electrons. The maximum Gasteiger partial charge on any atom is 0.407 e. The van der Waals surface area contributed by atoms with Crippen LogP contribution in [-0.2, 0) is 16.1 Å². The SMILES string of the molecule is O=C1N[C@@]2(CC[C@@H](c3ccc(C#CCOCc4ccccc4)cc3)C2)CO1. The minimum Gasteiger partial charge on any atom is -0.447 e. The summed E-state index contributed by atoms with van der Waals surface area (Å²) in [7, 11) is 0. The van der Waals surface area contributed by atoms with Gasteiger partial charge in [-0.15, -0.1) is 0 Å². The molecular formula is C23H23NO3. The van der Waals surface area contributed by atoms with Crippen molar-refractivity contribution in [1.82, 2.24) is 5.32 Å². The number of cyclic esters (lactones) is 1. The first kappa shape index (κ1) is 17.6. The van der Waals surface area contributed by atoms with Crippen molar-refractivity contribution < 1.29 is 14.3 Å². The van der Waals surface area contributed by atoms with Gasteiger partial charge in [0.05, 0.1) is 12.1 Å². The fourth-order valence-corrected chi connectivity index (χ4v) is 3.92. The van der Waals surface area contributed by atoms with E-state index in [1.807, 2.05) is 30.3 Å². The highest BCUT2D eigenvalue weighted by atomic mass is 16.6. The molecule has 1 N–H and O–H groups in total. The highest BCUT2D eigenvalue weighted by molar-refractivity contribution is 5.70. The number of carbonyl (C=O) groups is 1. The van der Waals surface area contributed by atoms with Gasteiger partial charge in [-0.2, -0.15) is 0 Å². The Hall–Kier alpha value is -2.77. The number of carbonyl (C=O) groups excluding carboxylic acids is 1. The first-order valence-electron chi connectivity index (χ1n) is 9.38. The molecule has 4 nitrogen and oxygen atoms in total. The predicted octanol–water partition coefficient (Wildman–Crippen LogP) is 4.00. The highest BCUT2D eigenvalue weighted by Crippen LogP contribution is 2.42. The van der Waals surface area contributed by atoms with Gasteiger partial charge >= 0.3 is 6.09 Å². The third kappa shape index (κ3) is 4.32. The summed E-state index contributed by atoms with van der Waals surface area (Å²) in [6.07, 6.45) is 2.71. The van der Waals surface area contributed by atoms with Crippen LogP contribution >= 0.6 is 0 Å². The molecule has 1 saturated heterocycles. The lowest BCUT2D eigenvalue weighted by molar-refractivity contribution is 0.153. The summed E-state index contributed by atoms with van der Waals surface area (Å²) in [5, 5.41) is 2.99. The smallest absolute Gasteiger partial charge is 0.407 e. The zero-order valence-electron chi connectivity index (χ0n) is 15.2. The van der Waals surface area contributed by atoms with Gasteiger partial charge in [-0.3, -0.25) is 0 Å². The molecule has 0 aromatic heterocycles. The molecule has 1 saturated carbocycles. The molecule has 2 aromatic carbocycles. The van der Waals surface area contributed by atoms with E-state index in [9.17, 15) is 4.79 Å². The summed E-state index contributed by atoms with van der Waals surface area (Å²) in [4.78, 5) is 11.4. The van der Waals surface area contributed by atoms with Gasteiger partial charge in [0.25, 0.3) is 0 Å². The molecule has 1 heterocycles. The topological polar surface area (TPSA) is 47.6 Å². The van der Waals surface area contributed by atoms with Crippen LogP contribution < -0.4 is 5.32 Å². The molecule has 2 aliphatic rings. The first-order valence-corrected chi connectivity index (χ1v) is 9.38. The number of hydrogen-bond acceptors (Lipinski definition) is 3. The third-order valence-corrected chi connectivity index (χ3v) is 5.36. The zero-order valence-corrected chi connectivity index (χ0v) is 15.2. The van der Waals surface area contributed by atoms with Crippen molar-refractivity contribution in [2.45, 2.75) is 37.3 Å². The highest BCUT2D eigenvalue weighted by Gasteiger charge is 2.45. The van der Waals surface area contributed by atoms with E-state index in [0.29, 0.717) is 25.7 Å². The normalized spacial score (nSPS) is 23.6. The molecule has 2 aromatic rings. The van der Waals surface area contributed by atoms with Crippen LogP contribution in [0.15, 0.2) is 54.6 Å². The van der Waals surface area contributed by atoms with Gasteiger partial charge in [-0.25, -0.2) is 4.79 Å². The van der Waals surface area contributed by atoms with E-state index in [2.05, 4.69) is 41.4 Å². The van der Waals surface area contributed by atoms with E-state index in [1.54, 1.807) is 0 Å². The van der Waals surface area contributed by atoms with Gasteiger partial charge in [-0.05, 0) is 48.4 Å². The summed E-state index contributed by atoms with van der Waals surface area (Å²) in [6, 6.07) is 18.5. The fraction of sp³-hybridized carbons (Fsp3) is 0.348. The Balaban J connectivity index is 1.28. The van der Waals surface area contributed by atoms with Gasteiger partial charge in [-0.1, -0.05) is 54.3 Å². The summed E-state index contributed by atoms with van der Waals surface area (Å²) in [5.74, 6) is 6.68. The van der Waals surface area contributed by atoms with Crippen molar-refractivity contribution in [2.75, 3.05) is 13.2 Å². The van der Waals surface area contributed by atoms with Crippen LogP contribution in [0.5, 0.6) is 0 Å². The van der Waals surface area contributed by atoms with Crippen LogP contribution in [0.1, 0.15) is 41.9 Å². The molecule has 2 fully saturated rings. The fourth-order valence-electron chi connectivity index (χ4n) is 3.92.